The lowest BCUT2D eigenvalue weighted by atomic mass is 10.1. The molecule has 1 heterocycles. The van der Waals surface area contributed by atoms with Crippen molar-refractivity contribution in [3.63, 3.8) is 0 Å². The third-order valence-corrected chi connectivity index (χ3v) is 4.04. The van der Waals surface area contributed by atoms with Crippen molar-refractivity contribution in [3.05, 3.63) is 39.9 Å². The summed E-state index contributed by atoms with van der Waals surface area (Å²) in [5.74, 6) is -0.0636. The van der Waals surface area contributed by atoms with E-state index in [1.165, 1.54) is 12.3 Å². The molecule has 1 aliphatic heterocycles. The second kappa shape index (κ2) is 8.76. The van der Waals surface area contributed by atoms with Gasteiger partial charge >= 0.3 is 6.09 Å². The molecular formula is C17H22N4O5S. The number of rotatable bonds is 6. The average Bonchev–Trinajstić information content (AvgIpc) is 3.02. The summed E-state index contributed by atoms with van der Waals surface area (Å²) in [6.45, 7) is 7.44. The van der Waals surface area contributed by atoms with Crippen molar-refractivity contribution < 1.29 is 19.1 Å². The van der Waals surface area contributed by atoms with Crippen LogP contribution < -0.4 is 20.7 Å². The van der Waals surface area contributed by atoms with Crippen LogP contribution in [0, 0.1) is 4.91 Å². The molecule has 1 aromatic carbocycles. The highest BCUT2D eigenvalue weighted by molar-refractivity contribution is 8.03. The summed E-state index contributed by atoms with van der Waals surface area (Å²) in [5, 5.41) is 11.2. The highest BCUT2D eigenvalue weighted by Gasteiger charge is 2.23. The van der Waals surface area contributed by atoms with Crippen LogP contribution in [0.4, 0.5) is 10.5 Å². The third-order valence-electron chi connectivity index (χ3n) is 3.12. The zero-order valence-corrected chi connectivity index (χ0v) is 16.3. The first-order chi connectivity index (χ1) is 12.7. The van der Waals surface area contributed by atoms with Gasteiger partial charge < -0.3 is 20.1 Å². The molecule has 2 rings (SSSR count). The van der Waals surface area contributed by atoms with Crippen molar-refractivity contribution in [3.8, 4) is 5.75 Å². The molecule has 27 heavy (non-hydrogen) atoms. The van der Waals surface area contributed by atoms with E-state index in [1.807, 2.05) is 0 Å². The Hall–Kier alpha value is -2.75. The number of hydrogen-bond donors (Lipinski definition) is 3. The lowest BCUT2D eigenvalue weighted by Crippen LogP contribution is -2.38. The summed E-state index contributed by atoms with van der Waals surface area (Å²) < 4.78 is 10.7. The minimum absolute atomic E-state index is 0.236. The molecule has 146 valence electrons. The summed E-state index contributed by atoms with van der Waals surface area (Å²) in [6.07, 6.45) is 0.795. The molecule has 2 amide bonds. The van der Waals surface area contributed by atoms with E-state index in [2.05, 4.69) is 21.1 Å². The average molecular weight is 394 g/mol. The lowest BCUT2D eigenvalue weighted by Gasteiger charge is -2.20. The fourth-order valence-electron chi connectivity index (χ4n) is 2.14. The van der Waals surface area contributed by atoms with Gasteiger partial charge in [-0.2, -0.15) is 0 Å². The Morgan fingerprint density at radius 2 is 2.07 bits per heavy atom. The SMILES string of the molecule is CCOc1ccc(NC(=O)OC(C)(C)C)cc1C(=O)NC1NC=C(N=O)S1. The maximum Gasteiger partial charge on any atom is 0.412 e. The standard InChI is InChI=1S/C17H22N4O5S/c1-5-25-12-7-6-10(19-16(23)26-17(2,3)4)8-11(12)14(22)20-15-18-9-13(21-24)27-15/h6-9,15,18H,5H2,1-4H3,(H,19,23)(H,20,22). The fraction of sp³-hybridized carbons (Fsp3) is 0.412. The van der Waals surface area contributed by atoms with Gasteiger partial charge in [-0.3, -0.25) is 10.1 Å². The Bertz CT molecular complexity index is 760. The van der Waals surface area contributed by atoms with E-state index in [9.17, 15) is 14.5 Å². The van der Waals surface area contributed by atoms with Gasteiger partial charge in [0.15, 0.2) is 10.5 Å². The Kier molecular flexibility index (Phi) is 6.67. The van der Waals surface area contributed by atoms with E-state index in [1.54, 1.807) is 39.8 Å². The minimum atomic E-state index is -0.641. The number of nitroso groups, excluding NO2 is 1. The second-order valence-corrected chi connectivity index (χ2v) is 7.61. The Labute approximate surface area is 161 Å². The van der Waals surface area contributed by atoms with Crippen LogP contribution in [0.15, 0.2) is 34.6 Å². The molecule has 0 saturated heterocycles. The van der Waals surface area contributed by atoms with E-state index < -0.39 is 23.1 Å². The molecule has 0 bridgehead atoms. The summed E-state index contributed by atoms with van der Waals surface area (Å²) >= 11 is 1.08. The molecule has 9 nitrogen and oxygen atoms in total. The van der Waals surface area contributed by atoms with Crippen molar-refractivity contribution >= 4 is 29.4 Å². The molecule has 1 aliphatic rings. The molecule has 1 aromatic rings. The van der Waals surface area contributed by atoms with Crippen LogP contribution in [0.3, 0.4) is 0 Å². The predicted octanol–water partition coefficient (Wildman–Crippen LogP) is 3.35. The van der Waals surface area contributed by atoms with Crippen molar-refractivity contribution in [1.29, 1.82) is 0 Å². The largest absolute Gasteiger partial charge is 0.493 e. The summed E-state index contributed by atoms with van der Waals surface area (Å²) in [4.78, 5) is 35.1. The maximum absolute atomic E-state index is 12.6. The lowest BCUT2D eigenvalue weighted by molar-refractivity contribution is 0.0635. The van der Waals surface area contributed by atoms with Crippen LogP contribution in [-0.4, -0.2) is 29.7 Å². The first-order valence-corrected chi connectivity index (χ1v) is 9.13. The molecular weight excluding hydrogens is 372 g/mol. The van der Waals surface area contributed by atoms with Gasteiger partial charge in [-0.25, -0.2) is 4.79 Å². The molecule has 0 aliphatic carbocycles. The normalized spacial score (nSPS) is 16.0. The van der Waals surface area contributed by atoms with E-state index in [-0.39, 0.29) is 10.6 Å². The number of benzene rings is 1. The van der Waals surface area contributed by atoms with Crippen LogP contribution in [0.2, 0.25) is 0 Å². The predicted molar refractivity (Wildman–Crippen MR) is 103 cm³/mol. The number of carbonyl (C=O) groups is 2. The molecule has 0 radical (unpaired) electrons. The molecule has 1 atom stereocenters. The fourth-order valence-corrected chi connectivity index (χ4v) is 2.86. The van der Waals surface area contributed by atoms with Crippen molar-refractivity contribution in [2.45, 2.75) is 38.8 Å². The van der Waals surface area contributed by atoms with Gasteiger partial charge in [0.2, 0.25) is 0 Å². The summed E-state index contributed by atoms with van der Waals surface area (Å²) in [7, 11) is 0. The topological polar surface area (TPSA) is 118 Å². The van der Waals surface area contributed by atoms with Crippen molar-refractivity contribution in [1.82, 2.24) is 10.6 Å². The van der Waals surface area contributed by atoms with Crippen LogP contribution in [0.1, 0.15) is 38.1 Å². The molecule has 10 heteroatoms. The minimum Gasteiger partial charge on any atom is -0.493 e. The van der Waals surface area contributed by atoms with Gasteiger partial charge in [0.25, 0.3) is 5.91 Å². The van der Waals surface area contributed by atoms with Crippen LogP contribution in [0.5, 0.6) is 5.75 Å². The van der Waals surface area contributed by atoms with Crippen molar-refractivity contribution in [2.75, 3.05) is 11.9 Å². The quantitative estimate of drug-likeness (QED) is 0.633. The zero-order valence-electron chi connectivity index (χ0n) is 15.5. The number of amides is 2. The van der Waals surface area contributed by atoms with Gasteiger partial charge in [0, 0.05) is 11.9 Å². The number of thioether (sulfide) groups is 1. The molecule has 0 spiro atoms. The number of nitrogens with zero attached hydrogens (tertiary/aromatic N) is 1. The molecule has 0 saturated carbocycles. The van der Waals surface area contributed by atoms with Gasteiger partial charge in [-0.15, -0.1) is 4.91 Å². The van der Waals surface area contributed by atoms with Gasteiger partial charge in [-0.05, 0) is 51.1 Å². The molecule has 0 aromatic heterocycles. The van der Waals surface area contributed by atoms with Crippen molar-refractivity contribution in [2.24, 2.45) is 5.18 Å². The number of anilines is 1. The smallest absolute Gasteiger partial charge is 0.412 e. The second-order valence-electron chi connectivity index (χ2n) is 6.48. The van der Waals surface area contributed by atoms with E-state index in [4.69, 9.17) is 9.47 Å². The van der Waals surface area contributed by atoms with Gasteiger partial charge in [0.1, 0.15) is 11.4 Å². The summed E-state index contributed by atoms with van der Waals surface area (Å²) in [5.41, 5.74) is -0.543. The first-order valence-electron chi connectivity index (χ1n) is 8.26. The van der Waals surface area contributed by atoms with E-state index in [0.717, 1.165) is 11.8 Å². The summed E-state index contributed by atoms with van der Waals surface area (Å²) in [6, 6.07) is 4.71. The monoisotopic (exact) mass is 394 g/mol. The van der Waals surface area contributed by atoms with Crippen LogP contribution >= 0.6 is 11.8 Å². The first kappa shape index (κ1) is 20.6. The third kappa shape index (κ3) is 6.17. The van der Waals surface area contributed by atoms with E-state index in [0.29, 0.717) is 18.0 Å². The number of nitrogens with one attached hydrogen (secondary N) is 3. The number of carbonyl (C=O) groups excluding carboxylic acids is 2. The maximum atomic E-state index is 12.6. The Balaban J connectivity index is 2.13. The van der Waals surface area contributed by atoms with Gasteiger partial charge in [0.05, 0.1) is 12.2 Å². The zero-order chi connectivity index (χ0) is 20.0. The molecule has 1 unspecified atom stereocenters. The van der Waals surface area contributed by atoms with Crippen LogP contribution in [0.25, 0.3) is 0 Å². The van der Waals surface area contributed by atoms with Crippen LogP contribution in [-0.2, 0) is 4.74 Å². The number of ether oxygens (including phenoxy) is 2. The molecule has 0 fully saturated rings. The number of hydrogen-bond acceptors (Lipinski definition) is 8. The Morgan fingerprint density at radius 3 is 2.67 bits per heavy atom. The highest BCUT2D eigenvalue weighted by Crippen LogP contribution is 2.27. The van der Waals surface area contributed by atoms with Gasteiger partial charge in [-0.1, -0.05) is 11.8 Å². The highest BCUT2D eigenvalue weighted by atomic mass is 32.2. The van der Waals surface area contributed by atoms with E-state index >= 15 is 0 Å². The Morgan fingerprint density at radius 1 is 1.33 bits per heavy atom. The molecule has 3 N–H and O–H groups in total.